The van der Waals surface area contributed by atoms with E-state index in [4.69, 9.17) is 14.6 Å². The van der Waals surface area contributed by atoms with E-state index in [0.29, 0.717) is 25.2 Å². The number of likely N-dealkylation sites (tertiary alicyclic amines) is 1. The molecule has 0 bridgehead atoms. The van der Waals surface area contributed by atoms with E-state index in [1.165, 1.54) is 0 Å². The molecule has 1 fully saturated rings. The van der Waals surface area contributed by atoms with Gasteiger partial charge in [-0.3, -0.25) is 0 Å². The predicted octanol–water partition coefficient (Wildman–Crippen LogP) is 2.01. The maximum Gasteiger partial charge on any atom is 0.410 e. The van der Waals surface area contributed by atoms with Crippen molar-refractivity contribution in [2.75, 3.05) is 39.5 Å². The van der Waals surface area contributed by atoms with E-state index in [2.05, 4.69) is 12.2 Å². The van der Waals surface area contributed by atoms with Gasteiger partial charge in [0.05, 0.1) is 13.2 Å². The third-order valence-electron chi connectivity index (χ3n) is 3.98. The third-order valence-corrected chi connectivity index (χ3v) is 3.98. The summed E-state index contributed by atoms with van der Waals surface area (Å²) in [6.45, 7) is 11.4. The van der Waals surface area contributed by atoms with Crippen LogP contribution in [0.5, 0.6) is 0 Å². The van der Waals surface area contributed by atoms with Crippen LogP contribution in [-0.2, 0) is 9.47 Å². The minimum atomic E-state index is -0.442. The SMILES string of the molecule is CC(NCCCOCCO)C1CCCN(C(=O)OC(C)(C)C)C1. The summed E-state index contributed by atoms with van der Waals surface area (Å²) in [6, 6.07) is 0.359. The van der Waals surface area contributed by atoms with Gasteiger partial charge in [0.2, 0.25) is 0 Å². The van der Waals surface area contributed by atoms with Crippen molar-refractivity contribution in [3.63, 3.8) is 0 Å². The molecule has 6 heteroatoms. The molecule has 0 saturated carbocycles. The van der Waals surface area contributed by atoms with Gasteiger partial charge in [-0.05, 0) is 59.4 Å². The second-order valence-corrected chi connectivity index (χ2v) is 7.26. The molecule has 6 nitrogen and oxygen atoms in total. The van der Waals surface area contributed by atoms with Crippen molar-refractivity contribution in [2.24, 2.45) is 5.92 Å². The van der Waals surface area contributed by atoms with Crippen molar-refractivity contribution in [1.29, 1.82) is 0 Å². The normalized spacial score (nSPS) is 20.4. The molecule has 23 heavy (non-hydrogen) atoms. The topological polar surface area (TPSA) is 71.0 Å². The average molecular weight is 330 g/mol. The lowest BCUT2D eigenvalue weighted by molar-refractivity contribution is 0.0148. The van der Waals surface area contributed by atoms with Gasteiger partial charge in [-0.1, -0.05) is 0 Å². The minimum Gasteiger partial charge on any atom is -0.444 e. The zero-order valence-electron chi connectivity index (χ0n) is 15.1. The number of ether oxygens (including phenoxy) is 2. The van der Waals surface area contributed by atoms with Crippen LogP contribution < -0.4 is 5.32 Å². The summed E-state index contributed by atoms with van der Waals surface area (Å²) in [6.07, 6.45) is 2.88. The number of amides is 1. The average Bonchev–Trinajstić information content (AvgIpc) is 2.49. The molecule has 2 unspecified atom stereocenters. The number of hydrogen-bond acceptors (Lipinski definition) is 5. The first-order valence-electron chi connectivity index (χ1n) is 8.73. The lowest BCUT2D eigenvalue weighted by Gasteiger charge is -2.36. The Labute approximate surface area is 140 Å². The lowest BCUT2D eigenvalue weighted by Crippen LogP contribution is -2.48. The first kappa shape index (κ1) is 20.2. The Morgan fingerprint density at radius 2 is 2.13 bits per heavy atom. The standard InChI is InChI=1S/C17H34N2O4/c1-14(18-8-6-11-22-12-10-20)15-7-5-9-19(13-15)16(21)23-17(2,3)4/h14-15,18,20H,5-13H2,1-4H3. The molecule has 1 rings (SSSR count). The maximum absolute atomic E-state index is 12.2. The molecule has 136 valence electrons. The van der Waals surface area contributed by atoms with Gasteiger partial charge in [0.15, 0.2) is 0 Å². The summed E-state index contributed by atoms with van der Waals surface area (Å²) in [5.74, 6) is 0.453. The van der Waals surface area contributed by atoms with Gasteiger partial charge in [0, 0.05) is 25.7 Å². The number of rotatable bonds is 8. The van der Waals surface area contributed by atoms with Crippen molar-refractivity contribution < 1.29 is 19.4 Å². The molecular formula is C17H34N2O4. The highest BCUT2D eigenvalue weighted by molar-refractivity contribution is 5.68. The Bertz CT molecular complexity index is 344. The van der Waals surface area contributed by atoms with Crippen LogP contribution in [0.1, 0.15) is 47.0 Å². The van der Waals surface area contributed by atoms with Gasteiger partial charge in [0.1, 0.15) is 5.60 Å². The Balaban J connectivity index is 2.29. The smallest absolute Gasteiger partial charge is 0.410 e. The van der Waals surface area contributed by atoms with E-state index in [1.54, 1.807) is 0 Å². The summed E-state index contributed by atoms with van der Waals surface area (Å²) in [5.41, 5.74) is -0.442. The first-order chi connectivity index (χ1) is 10.8. The highest BCUT2D eigenvalue weighted by Gasteiger charge is 2.29. The van der Waals surface area contributed by atoms with Crippen LogP contribution in [0, 0.1) is 5.92 Å². The number of aliphatic hydroxyl groups excluding tert-OH is 1. The molecule has 1 saturated heterocycles. The molecule has 1 amide bonds. The summed E-state index contributed by atoms with van der Waals surface area (Å²) >= 11 is 0. The molecule has 0 aromatic heterocycles. The number of nitrogens with zero attached hydrogens (tertiary/aromatic N) is 1. The van der Waals surface area contributed by atoms with Crippen molar-refractivity contribution in [2.45, 2.75) is 58.6 Å². The highest BCUT2D eigenvalue weighted by atomic mass is 16.6. The molecule has 0 radical (unpaired) electrons. The fourth-order valence-corrected chi connectivity index (χ4v) is 2.75. The number of piperidine rings is 1. The van der Waals surface area contributed by atoms with Gasteiger partial charge >= 0.3 is 6.09 Å². The highest BCUT2D eigenvalue weighted by Crippen LogP contribution is 2.21. The van der Waals surface area contributed by atoms with E-state index in [1.807, 2.05) is 25.7 Å². The largest absolute Gasteiger partial charge is 0.444 e. The van der Waals surface area contributed by atoms with Gasteiger partial charge in [-0.15, -0.1) is 0 Å². The number of aliphatic hydroxyl groups is 1. The van der Waals surface area contributed by atoms with Gasteiger partial charge < -0.3 is 24.8 Å². The van der Waals surface area contributed by atoms with Crippen LogP contribution in [-0.4, -0.2) is 67.2 Å². The lowest BCUT2D eigenvalue weighted by atomic mass is 9.91. The molecule has 0 aromatic rings. The van der Waals surface area contributed by atoms with E-state index in [-0.39, 0.29) is 12.7 Å². The summed E-state index contributed by atoms with van der Waals surface area (Å²) in [5, 5.41) is 12.2. The van der Waals surface area contributed by atoms with Crippen LogP contribution in [0.3, 0.4) is 0 Å². The zero-order valence-corrected chi connectivity index (χ0v) is 15.1. The van der Waals surface area contributed by atoms with Crippen LogP contribution in [0.25, 0.3) is 0 Å². The second-order valence-electron chi connectivity index (χ2n) is 7.26. The van der Waals surface area contributed by atoms with E-state index in [9.17, 15) is 4.79 Å². The third kappa shape index (κ3) is 8.53. The molecule has 2 N–H and O–H groups in total. The Morgan fingerprint density at radius 1 is 1.39 bits per heavy atom. The van der Waals surface area contributed by atoms with Gasteiger partial charge in [0.25, 0.3) is 0 Å². The monoisotopic (exact) mass is 330 g/mol. The fourth-order valence-electron chi connectivity index (χ4n) is 2.75. The molecule has 0 aliphatic carbocycles. The van der Waals surface area contributed by atoms with Crippen molar-refractivity contribution in [3.05, 3.63) is 0 Å². The minimum absolute atomic E-state index is 0.0758. The van der Waals surface area contributed by atoms with E-state index < -0.39 is 5.60 Å². The zero-order chi connectivity index (χ0) is 17.3. The molecule has 0 aromatic carbocycles. The van der Waals surface area contributed by atoms with Crippen LogP contribution in [0.2, 0.25) is 0 Å². The van der Waals surface area contributed by atoms with Crippen molar-refractivity contribution >= 4 is 6.09 Å². The Kier molecular flexibility index (Phi) is 8.87. The van der Waals surface area contributed by atoms with E-state index in [0.717, 1.165) is 38.9 Å². The van der Waals surface area contributed by atoms with Crippen LogP contribution in [0.15, 0.2) is 0 Å². The number of carbonyl (C=O) groups is 1. The number of hydrogen-bond donors (Lipinski definition) is 2. The van der Waals surface area contributed by atoms with Gasteiger partial charge in [-0.25, -0.2) is 4.79 Å². The molecule has 0 spiro atoms. The summed E-state index contributed by atoms with van der Waals surface area (Å²) in [4.78, 5) is 14.0. The maximum atomic E-state index is 12.2. The second kappa shape index (κ2) is 10.1. The Hall–Kier alpha value is -0.850. The summed E-state index contributed by atoms with van der Waals surface area (Å²) < 4.78 is 10.7. The molecule has 2 atom stereocenters. The molecule has 1 aliphatic rings. The molecular weight excluding hydrogens is 296 g/mol. The molecule has 1 aliphatic heterocycles. The van der Waals surface area contributed by atoms with Crippen molar-refractivity contribution in [1.82, 2.24) is 10.2 Å². The first-order valence-corrected chi connectivity index (χ1v) is 8.73. The van der Waals surface area contributed by atoms with Gasteiger partial charge in [-0.2, -0.15) is 0 Å². The predicted molar refractivity (Wildman–Crippen MR) is 90.5 cm³/mol. The van der Waals surface area contributed by atoms with Crippen LogP contribution >= 0.6 is 0 Å². The Morgan fingerprint density at radius 3 is 2.78 bits per heavy atom. The number of carbonyl (C=O) groups excluding carboxylic acids is 1. The quantitative estimate of drug-likeness (QED) is 0.666. The number of nitrogens with one attached hydrogen (secondary N) is 1. The van der Waals surface area contributed by atoms with Crippen molar-refractivity contribution in [3.8, 4) is 0 Å². The van der Waals surface area contributed by atoms with Crippen LogP contribution in [0.4, 0.5) is 4.79 Å². The fraction of sp³-hybridized carbons (Fsp3) is 0.941. The molecule has 1 heterocycles. The summed E-state index contributed by atoms with van der Waals surface area (Å²) in [7, 11) is 0. The van der Waals surface area contributed by atoms with E-state index >= 15 is 0 Å².